The zero-order chi connectivity index (χ0) is 21.6. The Morgan fingerprint density at radius 2 is 2.03 bits per heavy atom. The molecule has 8 heteroatoms. The van der Waals surface area contributed by atoms with Gasteiger partial charge < -0.3 is 25.3 Å². The number of aromatic nitrogens is 1. The summed E-state index contributed by atoms with van der Waals surface area (Å²) in [6, 6.07) is 15.4. The minimum Gasteiger partial charge on any atom is -0.433 e. The molecule has 3 N–H and O–H groups in total. The van der Waals surface area contributed by atoms with Gasteiger partial charge in [-0.1, -0.05) is 30.3 Å². The highest BCUT2D eigenvalue weighted by Crippen LogP contribution is 2.31. The Labute approximate surface area is 180 Å². The van der Waals surface area contributed by atoms with Crippen molar-refractivity contribution >= 4 is 22.5 Å². The summed E-state index contributed by atoms with van der Waals surface area (Å²) < 4.78 is 30.1. The minimum atomic E-state index is -2.84. The molecule has 2 heterocycles. The largest absolute Gasteiger partial charge is 0.433 e. The molecule has 164 valence electrons. The standard InChI is InChI=1S/C23H27F2N5O/c1-26-23(27-12-10-16-14-28-19-7-3-2-6-18(16)19)29-17-11-13-30(15-17)20-8-4-5-9-21(20)31-22(24)25/h2-9,14,17,22,28H,10-13,15H2,1H3,(H2,26,27,29). The predicted octanol–water partition coefficient (Wildman–Crippen LogP) is 3.76. The maximum Gasteiger partial charge on any atom is 0.387 e. The van der Waals surface area contributed by atoms with Gasteiger partial charge in [-0.05, 0) is 36.6 Å². The summed E-state index contributed by atoms with van der Waals surface area (Å²) in [6.07, 6.45) is 3.81. The molecule has 6 nitrogen and oxygen atoms in total. The molecule has 0 radical (unpaired) electrons. The fraction of sp³-hybridized carbons (Fsp3) is 0.348. The predicted molar refractivity (Wildman–Crippen MR) is 120 cm³/mol. The molecule has 1 atom stereocenters. The SMILES string of the molecule is CN=C(NCCc1c[nH]c2ccccc12)NC1CCN(c2ccccc2OC(F)F)C1. The molecule has 1 unspecified atom stereocenters. The highest BCUT2D eigenvalue weighted by atomic mass is 19.3. The Hall–Kier alpha value is -3.29. The number of aliphatic imine (C=N–C) groups is 1. The summed E-state index contributed by atoms with van der Waals surface area (Å²) in [5, 5.41) is 8.06. The van der Waals surface area contributed by atoms with Crippen molar-refractivity contribution in [2.24, 2.45) is 4.99 Å². The average Bonchev–Trinajstić information content (AvgIpc) is 3.40. The van der Waals surface area contributed by atoms with Crippen LogP contribution in [0.3, 0.4) is 0 Å². The second kappa shape index (κ2) is 9.68. The Morgan fingerprint density at radius 1 is 1.23 bits per heavy atom. The minimum absolute atomic E-state index is 0.166. The number of hydrogen-bond donors (Lipinski definition) is 3. The number of para-hydroxylation sites is 3. The fourth-order valence-corrected chi connectivity index (χ4v) is 4.05. The second-order valence-electron chi connectivity index (χ2n) is 7.53. The first-order valence-electron chi connectivity index (χ1n) is 10.4. The summed E-state index contributed by atoms with van der Waals surface area (Å²) in [4.78, 5) is 9.70. The molecule has 1 fully saturated rings. The smallest absolute Gasteiger partial charge is 0.387 e. The van der Waals surface area contributed by atoms with Gasteiger partial charge in [0.25, 0.3) is 0 Å². The number of aromatic amines is 1. The molecule has 1 aromatic heterocycles. The molecule has 0 spiro atoms. The van der Waals surface area contributed by atoms with E-state index in [0.717, 1.165) is 37.4 Å². The van der Waals surface area contributed by atoms with E-state index in [0.29, 0.717) is 12.2 Å². The van der Waals surface area contributed by atoms with Crippen LogP contribution in [-0.2, 0) is 6.42 Å². The van der Waals surface area contributed by atoms with Gasteiger partial charge in [-0.2, -0.15) is 8.78 Å². The van der Waals surface area contributed by atoms with Crippen LogP contribution in [0.5, 0.6) is 5.75 Å². The summed E-state index contributed by atoms with van der Waals surface area (Å²) in [6.45, 7) is -0.638. The first kappa shape index (κ1) is 21.0. The number of benzene rings is 2. The van der Waals surface area contributed by atoms with Crippen molar-refractivity contribution in [3.63, 3.8) is 0 Å². The van der Waals surface area contributed by atoms with Crippen molar-refractivity contribution in [3.8, 4) is 5.75 Å². The van der Waals surface area contributed by atoms with Crippen molar-refractivity contribution in [2.45, 2.75) is 25.5 Å². The number of fused-ring (bicyclic) bond motifs is 1. The van der Waals surface area contributed by atoms with E-state index in [1.807, 2.05) is 24.3 Å². The van der Waals surface area contributed by atoms with E-state index in [1.165, 1.54) is 10.9 Å². The van der Waals surface area contributed by atoms with Gasteiger partial charge in [-0.15, -0.1) is 0 Å². The summed E-state index contributed by atoms with van der Waals surface area (Å²) in [7, 11) is 1.75. The van der Waals surface area contributed by atoms with Crippen molar-refractivity contribution in [1.29, 1.82) is 0 Å². The number of guanidine groups is 1. The number of rotatable bonds is 7. The van der Waals surface area contributed by atoms with Crippen LogP contribution in [-0.4, -0.2) is 50.3 Å². The second-order valence-corrected chi connectivity index (χ2v) is 7.53. The van der Waals surface area contributed by atoms with E-state index >= 15 is 0 Å². The molecule has 0 aliphatic carbocycles. The first-order valence-corrected chi connectivity index (χ1v) is 10.4. The third-order valence-corrected chi connectivity index (χ3v) is 5.54. The van der Waals surface area contributed by atoms with Crippen LogP contribution in [0.15, 0.2) is 59.7 Å². The van der Waals surface area contributed by atoms with Crippen LogP contribution in [0, 0.1) is 0 Å². The van der Waals surface area contributed by atoms with E-state index in [4.69, 9.17) is 0 Å². The molecule has 0 bridgehead atoms. The Balaban J connectivity index is 1.30. The van der Waals surface area contributed by atoms with Crippen LogP contribution in [0.2, 0.25) is 0 Å². The fourth-order valence-electron chi connectivity index (χ4n) is 4.05. The maximum atomic E-state index is 12.7. The number of alkyl halides is 2. The highest BCUT2D eigenvalue weighted by Gasteiger charge is 2.26. The normalized spacial score (nSPS) is 16.8. The zero-order valence-corrected chi connectivity index (χ0v) is 17.4. The summed E-state index contributed by atoms with van der Waals surface area (Å²) in [5.74, 6) is 0.947. The Morgan fingerprint density at radius 3 is 2.87 bits per heavy atom. The first-order chi connectivity index (χ1) is 15.1. The van der Waals surface area contributed by atoms with E-state index < -0.39 is 6.61 Å². The molecule has 0 saturated carbocycles. The van der Waals surface area contributed by atoms with E-state index in [1.54, 1.807) is 19.2 Å². The van der Waals surface area contributed by atoms with Gasteiger partial charge >= 0.3 is 6.61 Å². The third-order valence-electron chi connectivity index (χ3n) is 5.54. The van der Waals surface area contributed by atoms with Gasteiger partial charge in [0.1, 0.15) is 5.75 Å². The number of halogens is 2. The summed E-state index contributed by atoms with van der Waals surface area (Å²) >= 11 is 0. The van der Waals surface area contributed by atoms with Crippen LogP contribution in [0.25, 0.3) is 10.9 Å². The van der Waals surface area contributed by atoms with Gasteiger partial charge in [0.05, 0.1) is 5.69 Å². The molecule has 2 aromatic carbocycles. The van der Waals surface area contributed by atoms with E-state index in [2.05, 4.69) is 48.6 Å². The van der Waals surface area contributed by atoms with Gasteiger partial charge in [0, 0.05) is 49.8 Å². The molecule has 1 aliphatic heterocycles. The molecular weight excluding hydrogens is 400 g/mol. The number of anilines is 1. The van der Waals surface area contributed by atoms with Crippen molar-refractivity contribution < 1.29 is 13.5 Å². The van der Waals surface area contributed by atoms with Crippen LogP contribution in [0.4, 0.5) is 14.5 Å². The van der Waals surface area contributed by atoms with Crippen LogP contribution >= 0.6 is 0 Å². The Bertz CT molecular complexity index is 1040. The molecule has 1 saturated heterocycles. The molecule has 3 aromatic rings. The topological polar surface area (TPSA) is 64.7 Å². The number of H-pyrrole nitrogens is 1. The third kappa shape index (κ3) is 5.07. The monoisotopic (exact) mass is 427 g/mol. The molecule has 1 aliphatic rings. The number of ether oxygens (including phenoxy) is 1. The number of nitrogens with one attached hydrogen (secondary N) is 3. The highest BCUT2D eigenvalue weighted by molar-refractivity contribution is 5.83. The lowest BCUT2D eigenvalue weighted by molar-refractivity contribution is -0.0495. The lowest BCUT2D eigenvalue weighted by Gasteiger charge is -2.22. The summed E-state index contributed by atoms with van der Waals surface area (Å²) in [5.41, 5.74) is 3.10. The van der Waals surface area contributed by atoms with Crippen molar-refractivity contribution in [2.75, 3.05) is 31.6 Å². The van der Waals surface area contributed by atoms with Gasteiger partial charge in [-0.3, -0.25) is 4.99 Å². The lowest BCUT2D eigenvalue weighted by atomic mass is 10.1. The molecular formula is C23H27F2N5O. The lowest BCUT2D eigenvalue weighted by Crippen LogP contribution is -2.45. The number of nitrogens with zero attached hydrogens (tertiary/aromatic N) is 2. The van der Waals surface area contributed by atoms with E-state index in [9.17, 15) is 8.78 Å². The van der Waals surface area contributed by atoms with Gasteiger partial charge in [0.15, 0.2) is 5.96 Å². The molecule has 0 amide bonds. The van der Waals surface area contributed by atoms with Crippen molar-refractivity contribution in [3.05, 3.63) is 60.3 Å². The zero-order valence-electron chi connectivity index (χ0n) is 17.4. The number of hydrogen-bond acceptors (Lipinski definition) is 3. The van der Waals surface area contributed by atoms with Gasteiger partial charge in [-0.25, -0.2) is 0 Å². The maximum absolute atomic E-state index is 12.7. The van der Waals surface area contributed by atoms with Gasteiger partial charge in [0.2, 0.25) is 0 Å². The van der Waals surface area contributed by atoms with Crippen LogP contribution < -0.4 is 20.3 Å². The average molecular weight is 427 g/mol. The Kier molecular flexibility index (Phi) is 6.54. The quantitative estimate of drug-likeness (QED) is 0.397. The van der Waals surface area contributed by atoms with Crippen LogP contribution in [0.1, 0.15) is 12.0 Å². The molecule has 31 heavy (non-hydrogen) atoms. The van der Waals surface area contributed by atoms with E-state index in [-0.39, 0.29) is 11.8 Å². The molecule has 4 rings (SSSR count). The van der Waals surface area contributed by atoms with Crippen molar-refractivity contribution in [1.82, 2.24) is 15.6 Å².